The molecule has 0 spiro atoms. The Morgan fingerprint density at radius 2 is 1.80 bits per heavy atom. The smallest absolute Gasteiger partial charge is 0.258 e. The zero-order chi connectivity index (χ0) is 17.5. The van der Waals surface area contributed by atoms with Gasteiger partial charge in [-0.3, -0.25) is 4.79 Å². The van der Waals surface area contributed by atoms with Gasteiger partial charge in [0.25, 0.3) is 5.91 Å². The number of benzene rings is 2. The number of hydrogen-bond donors (Lipinski definition) is 1. The second-order valence-corrected chi connectivity index (χ2v) is 5.06. The van der Waals surface area contributed by atoms with Crippen molar-refractivity contribution < 1.29 is 14.3 Å². The van der Waals surface area contributed by atoms with E-state index in [4.69, 9.17) is 9.47 Å². The Labute approximate surface area is 144 Å². The van der Waals surface area contributed by atoms with Gasteiger partial charge in [-0.2, -0.15) is 4.68 Å². The molecule has 3 aromatic rings. The van der Waals surface area contributed by atoms with Gasteiger partial charge >= 0.3 is 0 Å². The molecular formula is C17H17N5O3. The number of para-hydroxylation sites is 3. The van der Waals surface area contributed by atoms with E-state index in [0.717, 1.165) is 5.69 Å². The van der Waals surface area contributed by atoms with Crippen LogP contribution in [0.2, 0.25) is 0 Å². The number of hydrogen-bond acceptors (Lipinski definition) is 6. The number of ether oxygens (including phenoxy) is 2. The molecule has 0 aliphatic heterocycles. The van der Waals surface area contributed by atoms with Crippen molar-refractivity contribution in [3.8, 4) is 17.2 Å². The highest BCUT2D eigenvalue weighted by atomic mass is 16.5. The number of methoxy groups -OCH3 is 1. The Morgan fingerprint density at radius 3 is 2.56 bits per heavy atom. The van der Waals surface area contributed by atoms with Crippen LogP contribution in [0, 0.1) is 0 Å². The molecule has 25 heavy (non-hydrogen) atoms. The second kappa shape index (κ2) is 7.91. The predicted molar refractivity (Wildman–Crippen MR) is 89.5 cm³/mol. The first-order chi connectivity index (χ1) is 12.3. The third-order valence-electron chi connectivity index (χ3n) is 3.41. The van der Waals surface area contributed by atoms with Crippen molar-refractivity contribution in [1.29, 1.82) is 0 Å². The first-order valence-electron chi connectivity index (χ1n) is 7.63. The first kappa shape index (κ1) is 16.4. The maximum absolute atomic E-state index is 12.0. The molecule has 1 amide bonds. The lowest BCUT2D eigenvalue weighted by atomic mass is 10.3. The lowest BCUT2D eigenvalue weighted by Gasteiger charge is -2.10. The summed E-state index contributed by atoms with van der Waals surface area (Å²) >= 11 is 0. The lowest BCUT2D eigenvalue weighted by Crippen LogP contribution is -2.29. The van der Waals surface area contributed by atoms with Crippen LogP contribution >= 0.6 is 0 Å². The highest BCUT2D eigenvalue weighted by Crippen LogP contribution is 2.25. The Bertz CT molecular complexity index is 835. The normalized spacial score (nSPS) is 10.3. The van der Waals surface area contributed by atoms with Gasteiger partial charge in [-0.1, -0.05) is 30.3 Å². The standard InChI is InChI=1S/C17H17N5O3/c1-24-14-9-5-6-10-15(14)25-12-17(23)18-11-16-19-20-21-22(16)13-7-3-2-4-8-13/h2-10H,11-12H2,1H3,(H,18,23). The van der Waals surface area contributed by atoms with E-state index in [1.54, 1.807) is 23.9 Å². The second-order valence-electron chi connectivity index (χ2n) is 5.06. The SMILES string of the molecule is COc1ccccc1OCC(=O)NCc1nnnn1-c1ccccc1. The van der Waals surface area contributed by atoms with Gasteiger partial charge in [0.2, 0.25) is 0 Å². The minimum atomic E-state index is -0.284. The fourth-order valence-electron chi connectivity index (χ4n) is 2.20. The van der Waals surface area contributed by atoms with E-state index in [0.29, 0.717) is 17.3 Å². The Balaban J connectivity index is 1.56. The fraction of sp³-hybridized carbons (Fsp3) is 0.176. The van der Waals surface area contributed by atoms with Gasteiger partial charge in [-0.05, 0) is 34.7 Å². The van der Waals surface area contributed by atoms with Gasteiger partial charge in [0.15, 0.2) is 23.9 Å². The topological polar surface area (TPSA) is 91.2 Å². The molecule has 0 saturated heterocycles. The van der Waals surface area contributed by atoms with Crippen molar-refractivity contribution in [2.45, 2.75) is 6.54 Å². The van der Waals surface area contributed by atoms with E-state index in [-0.39, 0.29) is 19.1 Å². The third-order valence-corrected chi connectivity index (χ3v) is 3.41. The molecule has 0 radical (unpaired) electrons. The number of rotatable bonds is 7. The number of nitrogens with one attached hydrogen (secondary N) is 1. The van der Waals surface area contributed by atoms with E-state index in [9.17, 15) is 4.79 Å². The predicted octanol–water partition coefficient (Wildman–Crippen LogP) is 1.37. The van der Waals surface area contributed by atoms with Gasteiger partial charge in [0.05, 0.1) is 19.3 Å². The lowest BCUT2D eigenvalue weighted by molar-refractivity contribution is -0.123. The van der Waals surface area contributed by atoms with Gasteiger partial charge in [-0.15, -0.1) is 5.10 Å². The van der Waals surface area contributed by atoms with Crippen LogP contribution in [0.5, 0.6) is 11.5 Å². The highest BCUT2D eigenvalue weighted by Gasteiger charge is 2.11. The summed E-state index contributed by atoms with van der Waals surface area (Å²) in [6, 6.07) is 16.6. The Hall–Kier alpha value is -3.42. The van der Waals surface area contributed by atoms with E-state index in [1.807, 2.05) is 42.5 Å². The van der Waals surface area contributed by atoms with Gasteiger partial charge < -0.3 is 14.8 Å². The number of carbonyl (C=O) groups is 1. The average Bonchev–Trinajstić information content (AvgIpc) is 3.14. The van der Waals surface area contributed by atoms with Crippen LogP contribution in [0.25, 0.3) is 5.69 Å². The molecule has 8 heteroatoms. The summed E-state index contributed by atoms with van der Waals surface area (Å²) in [4.78, 5) is 12.0. The summed E-state index contributed by atoms with van der Waals surface area (Å²) in [7, 11) is 1.55. The molecule has 1 aromatic heterocycles. The molecule has 0 atom stereocenters. The molecule has 128 valence electrons. The van der Waals surface area contributed by atoms with Crippen LogP contribution in [-0.4, -0.2) is 39.8 Å². The molecule has 1 heterocycles. The first-order valence-corrected chi connectivity index (χ1v) is 7.63. The number of nitrogens with zero attached hydrogens (tertiary/aromatic N) is 4. The quantitative estimate of drug-likeness (QED) is 0.699. The van der Waals surface area contributed by atoms with Crippen LogP contribution in [0.3, 0.4) is 0 Å². The summed E-state index contributed by atoms with van der Waals surface area (Å²) < 4.78 is 12.2. The number of carbonyl (C=O) groups excluding carboxylic acids is 1. The highest BCUT2D eigenvalue weighted by molar-refractivity contribution is 5.77. The van der Waals surface area contributed by atoms with Crippen molar-refractivity contribution in [2.75, 3.05) is 13.7 Å². The van der Waals surface area contributed by atoms with E-state index < -0.39 is 0 Å². The van der Waals surface area contributed by atoms with Gasteiger partial charge in [0, 0.05) is 0 Å². The maximum atomic E-state index is 12.0. The molecule has 0 aliphatic rings. The van der Waals surface area contributed by atoms with Crippen LogP contribution in [-0.2, 0) is 11.3 Å². The minimum absolute atomic E-state index is 0.132. The monoisotopic (exact) mass is 339 g/mol. The van der Waals surface area contributed by atoms with Crippen LogP contribution in [0.4, 0.5) is 0 Å². The summed E-state index contributed by atoms with van der Waals surface area (Å²) in [6.45, 7) is 0.0588. The number of tetrazole rings is 1. The van der Waals surface area contributed by atoms with Crippen LogP contribution in [0.1, 0.15) is 5.82 Å². The van der Waals surface area contributed by atoms with Gasteiger partial charge in [-0.25, -0.2) is 0 Å². The van der Waals surface area contributed by atoms with E-state index >= 15 is 0 Å². The molecule has 0 unspecified atom stereocenters. The summed E-state index contributed by atoms with van der Waals surface area (Å²) in [5.74, 6) is 1.32. The largest absolute Gasteiger partial charge is 0.493 e. The van der Waals surface area contributed by atoms with Crippen LogP contribution in [0.15, 0.2) is 54.6 Å². The molecule has 2 aromatic carbocycles. The van der Waals surface area contributed by atoms with Crippen molar-refractivity contribution in [2.24, 2.45) is 0 Å². The molecule has 0 bridgehead atoms. The molecule has 8 nitrogen and oxygen atoms in total. The maximum Gasteiger partial charge on any atom is 0.258 e. The van der Waals surface area contributed by atoms with Crippen molar-refractivity contribution >= 4 is 5.91 Å². The molecule has 3 rings (SSSR count). The molecule has 1 N–H and O–H groups in total. The van der Waals surface area contributed by atoms with E-state index in [2.05, 4.69) is 20.8 Å². The Morgan fingerprint density at radius 1 is 1.08 bits per heavy atom. The molecular weight excluding hydrogens is 322 g/mol. The average molecular weight is 339 g/mol. The molecule has 0 aliphatic carbocycles. The van der Waals surface area contributed by atoms with Gasteiger partial charge in [0.1, 0.15) is 0 Å². The third kappa shape index (κ3) is 4.11. The summed E-state index contributed by atoms with van der Waals surface area (Å²) in [6.07, 6.45) is 0. The minimum Gasteiger partial charge on any atom is -0.493 e. The molecule has 0 saturated carbocycles. The van der Waals surface area contributed by atoms with Crippen LogP contribution < -0.4 is 14.8 Å². The van der Waals surface area contributed by atoms with Crippen molar-refractivity contribution in [1.82, 2.24) is 25.5 Å². The van der Waals surface area contributed by atoms with E-state index in [1.165, 1.54) is 0 Å². The van der Waals surface area contributed by atoms with Crippen molar-refractivity contribution in [3.05, 3.63) is 60.4 Å². The summed E-state index contributed by atoms with van der Waals surface area (Å²) in [5.41, 5.74) is 0.821. The van der Waals surface area contributed by atoms with Crippen molar-refractivity contribution in [3.63, 3.8) is 0 Å². The zero-order valence-corrected chi connectivity index (χ0v) is 13.6. The number of aromatic nitrogens is 4. The fourth-order valence-corrected chi connectivity index (χ4v) is 2.20. The number of amides is 1. The molecule has 0 fully saturated rings. The Kier molecular flexibility index (Phi) is 5.20. The zero-order valence-electron chi connectivity index (χ0n) is 13.6. The summed E-state index contributed by atoms with van der Waals surface area (Å²) in [5, 5.41) is 14.3.